The topological polar surface area (TPSA) is 60.2 Å². The van der Waals surface area contributed by atoms with Crippen molar-refractivity contribution in [2.45, 2.75) is 18.6 Å². The minimum absolute atomic E-state index is 0.0407. The van der Waals surface area contributed by atoms with E-state index in [1.807, 2.05) is 11.0 Å². The summed E-state index contributed by atoms with van der Waals surface area (Å²) in [5.74, 6) is 0.431. The predicted octanol–water partition coefficient (Wildman–Crippen LogP) is 2.40. The number of anilines is 1. The summed E-state index contributed by atoms with van der Waals surface area (Å²) < 4.78 is 13.0. The Bertz CT molecular complexity index is 663. The van der Waals surface area contributed by atoms with Gasteiger partial charge in [-0.15, -0.1) is 0 Å². The lowest BCUT2D eigenvalue weighted by molar-refractivity contribution is 0.194. The number of hydrogen-bond acceptors (Lipinski definition) is 4. The fraction of sp³-hybridized carbons (Fsp3) is 0.250. The number of aromatic nitrogens is 1. The minimum atomic E-state index is -0.447. The van der Waals surface area contributed by atoms with Crippen molar-refractivity contribution in [2.24, 2.45) is 0 Å². The fourth-order valence-electron chi connectivity index (χ4n) is 2.69. The number of hydrogen-bond donors (Lipinski definition) is 1. The molecule has 1 aliphatic heterocycles. The normalized spacial score (nSPS) is 21.3. The lowest BCUT2D eigenvalue weighted by atomic mass is 10.0. The highest BCUT2D eigenvalue weighted by Gasteiger charge is 2.32. The van der Waals surface area contributed by atoms with Gasteiger partial charge in [-0.05, 0) is 36.2 Å². The van der Waals surface area contributed by atoms with Gasteiger partial charge in [0.15, 0.2) is 0 Å². The van der Waals surface area contributed by atoms with E-state index in [4.69, 9.17) is 5.26 Å². The van der Waals surface area contributed by atoms with Crippen LogP contribution in [0.1, 0.15) is 23.6 Å². The molecular weight excluding hydrogens is 269 g/mol. The zero-order valence-electron chi connectivity index (χ0n) is 11.3. The molecule has 2 aromatic rings. The molecule has 0 spiro atoms. The van der Waals surface area contributed by atoms with E-state index in [1.165, 1.54) is 18.3 Å². The lowest BCUT2D eigenvalue weighted by Crippen LogP contribution is -2.25. The lowest BCUT2D eigenvalue weighted by Gasteiger charge is -2.25. The summed E-state index contributed by atoms with van der Waals surface area (Å²) in [5.41, 5.74) is 1.44. The molecule has 2 heterocycles. The first-order valence-electron chi connectivity index (χ1n) is 6.73. The average Bonchev–Trinajstić information content (AvgIpc) is 2.90. The number of benzene rings is 1. The number of aliphatic hydroxyl groups is 1. The summed E-state index contributed by atoms with van der Waals surface area (Å²) >= 11 is 0. The Hall–Kier alpha value is -2.45. The number of aliphatic hydroxyl groups excluding tert-OH is 1. The van der Waals surface area contributed by atoms with Crippen LogP contribution >= 0.6 is 0 Å². The molecule has 1 saturated heterocycles. The van der Waals surface area contributed by atoms with Crippen LogP contribution in [0.15, 0.2) is 42.6 Å². The largest absolute Gasteiger partial charge is 0.391 e. The summed E-state index contributed by atoms with van der Waals surface area (Å²) in [7, 11) is 0. The van der Waals surface area contributed by atoms with E-state index in [-0.39, 0.29) is 11.9 Å². The van der Waals surface area contributed by atoms with Crippen molar-refractivity contribution < 1.29 is 9.50 Å². The van der Waals surface area contributed by atoms with E-state index in [0.29, 0.717) is 24.3 Å². The van der Waals surface area contributed by atoms with Crippen LogP contribution in [0.25, 0.3) is 0 Å². The Labute approximate surface area is 122 Å². The summed E-state index contributed by atoms with van der Waals surface area (Å²) in [6.45, 7) is 0.473. The van der Waals surface area contributed by atoms with Crippen LogP contribution in [0.5, 0.6) is 0 Å². The van der Waals surface area contributed by atoms with E-state index in [1.54, 1.807) is 24.3 Å². The van der Waals surface area contributed by atoms with Gasteiger partial charge in [-0.1, -0.05) is 12.1 Å². The van der Waals surface area contributed by atoms with E-state index in [0.717, 1.165) is 5.56 Å². The van der Waals surface area contributed by atoms with Crippen molar-refractivity contribution in [3.8, 4) is 6.07 Å². The molecule has 0 aliphatic carbocycles. The van der Waals surface area contributed by atoms with Crippen molar-refractivity contribution in [3.05, 3.63) is 59.5 Å². The van der Waals surface area contributed by atoms with Crippen LogP contribution in [-0.4, -0.2) is 22.7 Å². The molecule has 0 unspecified atom stereocenters. The predicted molar refractivity (Wildman–Crippen MR) is 76.1 cm³/mol. The Balaban J connectivity index is 1.91. The van der Waals surface area contributed by atoms with Crippen LogP contribution < -0.4 is 4.90 Å². The van der Waals surface area contributed by atoms with Gasteiger partial charge in [0, 0.05) is 12.7 Å². The van der Waals surface area contributed by atoms with Crippen molar-refractivity contribution in [3.63, 3.8) is 0 Å². The molecule has 1 aliphatic rings. The van der Waals surface area contributed by atoms with Gasteiger partial charge in [0.2, 0.25) is 0 Å². The molecule has 0 bridgehead atoms. The highest BCUT2D eigenvalue weighted by molar-refractivity contribution is 5.46. The second kappa shape index (κ2) is 5.51. The maximum Gasteiger partial charge on any atom is 0.129 e. The molecule has 0 radical (unpaired) electrons. The van der Waals surface area contributed by atoms with Crippen LogP contribution in [0.4, 0.5) is 10.2 Å². The molecule has 0 saturated carbocycles. The molecule has 1 N–H and O–H groups in total. The first-order valence-corrected chi connectivity index (χ1v) is 6.73. The Morgan fingerprint density at radius 2 is 2.00 bits per heavy atom. The molecule has 4 nitrogen and oxygen atoms in total. The Morgan fingerprint density at radius 1 is 1.24 bits per heavy atom. The van der Waals surface area contributed by atoms with Crippen LogP contribution in [-0.2, 0) is 0 Å². The smallest absolute Gasteiger partial charge is 0.129 e. The van der Waals surface area contributed by atoms with Crippen LogP contribution in [0.3, 0.4) is 0 Å². The van der Waals surface area contributed by atoms with E-state index >= 15 is 0 Å². The summed E-state index contributed by atoms with van der Waals surface area (Å²) in [5, 5.41) is 18.8. The third kappa shape index (κ3) is 2.71. The summed E-state index contributed by atoms with van der Waals surface area (Å²) in [4.78, 5) is 6.26. The second-order valence-electron chi connectivity index (χ2n) is 5.13. The molecule has 21 heavy (non-hydrogen) atoms. The molecule has 2 atom stereocenters. The fourth-order valence-corrected chi connectivity index (χ4v) is 2.69. The molecule has 1 aromatic carbocycles. The van der Waals surface area contributed by atoms with Gasteiger partial charge in [0.05, 0.1) is 17.7 Å². The SMILES string of the molecule is N#Cc1ccc(N2C[C@H](O)C[C@@H]2c2ccc(F)cc2)nc1. The summed E-state index contributed by atoms with van der Waals surface area (Å²) in [6.07, 6.45) is 1.65. The number of rotatable bonds is 2. The van der Waals surface area contributed by atoms with Crippen LogP contribution in [0, 0.1) is 17.1 Å². The van der Waals surface area contributed by atoms with E-state index < -0.39 is 6.10 Å². The number of β-amino-alcohol motifs (C(OH)–C–C–N with tert-alkyl or cyclic N) is 1. The van der Waals surface area contributed by atoms with Gasteiger partial charge in [-0.25, -0.2) is 9.37 Å². The van der Waals surface area contributed by atoms with Crippen LogP contribution in [0.2, 0.25) is 0 Å². The molecule has 3 rings (SSSR count). The van der Waals surface area contributed by atoms with Gasteiger partial charge < -0.3 is 10.0 Å². The molecule has 0 amide bonds. The van der Waals surface area contributed by atoms with Gasteiger partial charge >= 0.3 is 0 Å². The standard InChI is InChI=1S/C16H14FN3O/c17-13-4-2-12(3-5-13)15-7-14(21)10-20(15)16-6-1-11(8-18)9-19-16/h1-6,9,14-15,21H,7,10H2/t14-,15-/m1/s1. The quantitative estimate of drug-likeness (QED) is 0.919. The Kier molecular flexibility index (Phi) is 3.55. The zero-order valence-corrected chi connectivity index (χ0v) is 11.3. The molecular formula is C16H14FN3O. The monoisotopic (exact) mass is 283 g/mol. The third-order valence-corrected chi connectivity index (χ3v) is 3.71. The van der Waals surface area contributed by atoms with E-state index in [2.05, 4.69) is 4.98 Å². The number of nitriles is 1. The maximum absolute atomic E-state index is 13.0. The highest BCUT2D eigenvalue weighted by Crippen LogP contribution is 2.35. The van der Waals surface area contributed by atoms with Gasteiger partial charge in [0.1, 0.15) is 17.7 Å². The number of halogens is 1. The Morgan fingerprint density at radius 3 is 2.62 bits per heavy atom. The highest BCUT2D eigenvalue weighted by atomic mass is 19.1. The van der Waals surface area contributed by atoms with Crippen molar-refractivity contribution in [1.82, 2.24) is 4.98 Å². The number of nitrogens with zero attached hydrogens (tertiary/aromatic N) is 3. The maximum atomic E-state index is 13.0. The minimum Gasteiger partial charge on any atom is -0.391 e. The second-order valence-corrected chi connectivity index (χ2v) is 5.13. The third-order valence-electron chi connectivity index (χ3n) is 3.71. The van der Waals surface area contributed by atoms with Gasteiger partial charge in [0.25, 0.3) is 0 Å². The average molecular weight is 283 g/mol. The first-order chi connectivity index (χ1) is 10.2. The molecule has 1 fully saturated rings. The summed E-state index contributed by atoms with van der Waals surface area (Å²) in [6, 6.07) is 11.8. The van der Waals surface area contributed by atoms with Crippen molar-refractivity contribution in [2.75, 3.05) is 11.4 Å². The van der Waals surface area contributed by atoms with Gasteiger partial charge in [-0.2, -0.15) is 5.26 Å². The van der Waals surface area contributed by atoms with Crippen molar-refractivity contribution >= 4 is 5.82 Å². The molecule has 1 aromatic heterocycles. The van der Waals surface area contributed by atoms with Gasteiger partial charge in [-0.3, -0.25) is 0 Å². The number of pyridine rings is 1. The molecule has 106 valence electrons. The molecule has 5 heteroatoms. The zero-order chi connectivity index (χ0) is 14.8. The first kappa shape index (κ1) is 13.5. The van der Waals surface area contributed by atoms with Crippen molar-refractivity contribution in [1.29, 1.82) is 5.26 Å². The van der Waals surface area contributed by atoms with E-state index in [9.17, 15) is 9.50 Å².